The SMILES string of the molecule is CC(CO)C(C)NC(=O)Cc1ccc(OCc2ccccn2)cc1. The number of pyridine rings is 1. The first kappa shape index (κ1) is 17.9. The summed E-state index contributed by atoms with van der Waals surface area (Å²) in [5, 5.41) is 12.0. The van der Waals surface area contributed by atoms with Gasteiger partial charge in [0.05, 0.1) is 12.1 Å². The van der Waals surface area contributed by atoms with Crippen molar-refractivity contribution >= 4 is 5.91 Å². The van der Waals surface area contributed by atoms with Gasteiger partial charge in [-0.2, -0.15) is 0 Å². The van der Waals surface area contributed by atoms with Gasteiger partial charge in [0.25, 0.3) is 0 Å². The second kappa shape index (κ2) is 9.03. The third-order valence-electron chi connectivity index (χ3n) is 3.93. The molecule has 0 spiro atoms. The zero-order valence-corrected chi connectivity index (χ0v) is 14.1. The molecule has 1 amide bonds. The van der Waals surface area contributed by atoms with E-state index in [9.17, 15) is 4.79 Å². The molecule has 5 nitrogen and oxygen atoms in total. The molecule has 5 heteroatoms. The number of hydrogen-bond acceptors (Lipinski definition) is 4. The molecule has 0 bridgehead atoms. The van der Waals surface area contributed by atoms with E-state index in [0.29, 0.717) is 13.0 Å². The number of aliphatic hydroxyl groups excluding tert-OH is 1. The number of carbonyl (C=O) groups is 1. The van der Waals surface area contributed by atoms with Gasteiger partial charge < -0.3 is 15.2 Å². The maximum Gasteiger partial charge on any atom is 0.224 e. The summed E-state index contributed by atoms with van der Waals surface area (Å²) in [6.45, 7) is 4.27. The average molecular weight is 328 g/mol. The molecule has 0 fully saturated rings. The maximum absolute atomic E-state index is 12.0. The Morgan fingerprint density at radius 3 is 2.58 bits per heavy atom. The van der Waals surface area contributed by atoms with Crippen molar-refractivity contribution in [1.82, 2.24) is 10.3 Å². The van der Waals surface area contributed by atoms with Gasteiger partial charge in [0.2, 0.25) is 5.91 Å². The van der Waals surface area contributed by atoms with Gasteiger partial charge in [0, 0.05) is 18.8 Å². The fourth-order valence-corrected chi connectivity index (χ4v) is 2.14. The number of aliphatic hydroxyl groups is 1. The number of nitrogens with zero attached hydrogens (tertiary/aromatic N) is 1. The van der Waals surface area contributed by atoms with Crippen LogP contribution in [0.25, 0.3) is 0 Å². The lowest BCUT2D eigenvalue weighted by Gasteiger charge is -2.19. The molecule has 0 radical (unpaired) electrons. The second-order valence-corrected chi connectivity index (χ2v) is 5.95. The largest absolute Gasteiger partial charge is 0.487 e. The van der Waals surface area contributed by atoms with Gasteiger partial charge in [0.15, 0.2) is 0 Å². The van der Waals surface area contributed by atoms with E-state index in [1.807, 2.05) is 56.3 Å². The van der Waals surface area contributed by atoms with Gasteiger partial charge >= 0.3 is 0 Å². The van der Waals surface area contributed by atoms with Crippen LogP contribution in [0, 0.1) is 5.92 Å². The summed E-state index contributed by atoms with van der Waals surface area (Å²) in [4.78, 5) is 16.2. The van der Waals surface area contributed by atoms with Gasteiger partial charge in [-0.1, -0.05) is 25.1 Å². The Hall–Kier alpha value is -2.40. The molecular weight excluding hydrogens is 304 g/mol. The normalized spacial score (nSPS) is 13.1. The molecule has 1 aromatic heterocycles. The summed E-state index contributed by atoms with van der Waals surface area (Å²) >= 11 is 0. The van der Waals surface area contributed by atoms with Crippen molar-refractivity contribution < 1.29 is 14.6 Å². The molecule has 0 aliphatic rings. The zero-order valence-electron chi connectivity index (χ0n) is 14.1. The van der Waals surface area contributed by atoms with E-state index in [0.717, 1.165) is 17.0 Å². The van der Waals surface area contributed by atoms with E-state index < -0.39 is 0 Å². The topological polar surface area (TPSA) is 71.5 Å². The number of carbonyl (C=O) groups excluding carboxylic acids is 1. The maximum atomic E-state index is 12.0. The van der Waals surface area contributed by atoms with Crippen molar-refractivity contribution in [3.63, 3.8) is 0 Å². The molecule has 0 saturated carbocycles. The van der Waals surface area contributed by atoms with Crippen LogP contribution < -0.4 is 10.1 Å². The average Bonchev–Trinajstić information content (AvgIpc) is 2.61. The summed E-state index contributed by atoms with van der Waals surface area (Å²) in [5.74, 6) is 0.730. The van der Waals surface area contributed by atoms with E-state index in [2.05, 4.69) is 10.3 Å². The van der Waals surface area contributed by atoms with Crippen molar-refractivity contribution in [2.24, 2.45) is 5.92 Å². The van der Waals surface area contributed by atoms with Gasteiger partial charge in [-0.05, 0) is 42.7 Å². The lowest BCUT2D eigenvalue weighted by molar-refractivity contribution is -0.121. The Labute approximate surface area is 142 Å². The number of rotatable bonds is 8. The van der Waals surface area contributed by atoms with Gasteiger partial charge in [-0.15, -0.1) is 0 Å². The minimum Gasteiger partial charge on any atom is -0.487 e. The van der Waals surface area contributed by atoms with E-state index in [1.54, 1.807) is 6.20 Å². The minimum atomic E-state index is -0.0523. The molecule has 2 rings (SSSR count). The Bertz CT molecular complexity index is 629. The third kappa shape index (κ3) is 5.66. The highest BCUT2D eigenvalue weighted by molar-refractivity contribution is 5.78. The molecule has 24 heavy (non-hydrogen) atoms. The molecule has 128 valence electrons. The van der Waals surface area contributed by atoms with Crippen LogP contribution >= 0.6 is 0 Å². The summed E-state index contributed by atoms with van der Waals surface area (Å²) in [6.07, 6.45) is 2.04. The standard InChI is InChI=1S/C19H24N2O3/c1-14(12-22)15(2)21-19(23)11-16-6-8-18(9-7-16)24-13-17-5-3-4-10-20-17/h3-10,14-15,22H,11-13H2,1-2H3,(H,21,23). The Morgan fingerprint density at radius 2 is 1.96 bits per heavy atom. The van der Waals surface area contributed by atoms with Gasteiger partial charge in [-0.3, -0.25) is 9.78 Å². The molecule has 0 saturated heterocycles. The molecule has 1 aromatic carbocycles. The first-order valence-electron chi connectivity index (χ1n) is 8.10. The molecule has 2 atom stereocenters. The molecule has 2 aromatic rings. The smallest absolute Gasteiger partial charge is 0.224 e. The number of aromatic nitrogens is 1. The van der Waals surface area contributed by atoms with Crippen LogP contribution in [0.15, 0.2) is 48.7 Å². The predicted octanol–water partition coefficient (Wildman–Crippen LogP) is 2.34. The van der Waals surface area contributed by atoms with Crippen LogP contribution in [0.4, 0.5) is 0 Å². The molecule has 1 heterocycles. The van der Waals surface area contributed by atoms with Crippen LogP contribution in [0.3, 0.4) is 0 Å². The van der Waals surface area contributed by atoms with E-state index in [4.69, 9.17) is 9.84 Å². The first-order valence-corrected chi connectivity index (χ1v) is 8.10. The van der Waals surface area contributed by atoms with Crippen molar-refractivity contribution in [1.29, 1.82) is 0 Å². The number of amides is 1. The summed E-state index contributed by atoms with van der Waals surface area (Å²) in [6, 6.07) is 13.1. The fraction of sp³-hybridized carbons (Fsp3) is 0.368. The monoisotopic (exact) mass is 328 g/mol. The van der Waals surface area contributed by atoms with E-state index in [-0.39, 0.29) is 24.5 Å². The highest BCUT2D eigenvalue weighted by Crippen LogP contribution is 2.14. The molecule has 2 N–H and O–H groups in total. The van der Waals surface area contributed by atoms with Crippen molar-refractivity contribution in [2.75, 3.05) is 6.61 Å². The highest BCUT2D eigenvalue weighted by Gasteiger charge is 2.14. The van der Waals surface area contributed by atoms with E-state index in [1.165, 1.54) is 0 Å². The van der Waals surface area contributed by atoms with Crippen molar-refractivity contribution in [3.05, 3.63) is 59.9 Å². The van der Waals surface area contributed by atoms with Crippen LogP contribution in [0.5, 0.6) is 5.75 Å². The van der Waals surface area contributed by atoms with Gasteiger partial charge in [0.1, 0.15) is 12.4 Å². The Morgan fingerprint density at radius 1 is 1.21 bits per heavy atom. The van der Waals surface area contributed by atoms with Crippen LogP contribution in [-0.4, -0.2) is 28.6 Å². The van der Waals surface area contributed by atoms with E-state index >= 15 is 0 Å². The molecule has 2 unspecified atom stereocenters. The Kier molecular flexibility index (Phi) is 6.75. The molecule has 0 aliphatic heterocycles. The highest BCUT2D eigenvalue weighted by atomic mass is 16.5. The van der Waals surface area contributed by atoms with Crippen molar-refractivity contribution in [2.45, 2.75) is 32.9 Å². The third-order valence-corrected chi connectivity index (χ3v) is 3.93. The van der Waals surface area contributed by atoms with Crippen LogP contribution in [0.2, 0.25) is 0 Å². The number of hydrogen-bond donors (Lipinski definition) is 2. The predicted molar refractivity (Wildman–Crippen MR) is 92.6 cm³/mol. The molecular formula is C19H24N2O3. The van der Waals surface area contributed by atoms with Gasteiger partial charge in [-0.25, -0.2) is 0 Å². The number of nitrogens with one attached hydrogen (secondary N) is 1. The number of ether oxygens (including phenoxy) is 1. The molecule has 0 aliphatic carbocycles. The van der Waals surface area contributed by atoms with Crippen LogP contribution in [-0.2, 0) is 17.8 Å². The zero-order chi connectivity index (χ0) is 17.4. The fourth-order valence-electron chi connectivity index (χ4n) is 2.14. The summed E-state index contributed by atoms with van der Waals surface area (Å²) in [5.41, 5.74) is 1.79. The second-order valence-electron chi connectivity index (χ2n) is 5.95. The Balaban J connectivity index is 1.82. The minimum absolute atomic E-state index is 0.0383. The summed E-state index contributed by atoms with van der Waals surface area (Å²) in [7, 11) is 0. The number of benzene rings is 1. The van der Waals surface area contributed by atoms with Crippen LogP contribution in [0.1, 0.15) is 25.1 Å². The first-order chi connectivity index (χ1) is 11.6. The van der Waals surface area contributed by atoms with Crippen molar-refractivity contribution in [3.8, 4) is 5.75 Å². The lowest BCUT2D eigenvalue weighted by atomic mass is 10.0. The quantitative estimate of drug-likeness (QED) is 0.780. The lowest BCUT2D eigenvalue weighted by Crippen LogP contribution is -2.39. The summed E-state index contributed by atoms with van der Waals surface area (Å²) < 4.78 is 5.67.